The number of aliphatic hydroxyl groups excluding tert-OH is 1. The van der Waals surface area contributed by atoms with Crippen molar-refractivity contribution in [1.29, 1.82) is 0 Å². The van der Waals surface area contributed by atoms with Gasteiger partial charge in [-0.25, -0.2) is 0 Å². The molecule has 0 bridgehead atoms. The summed E-state index contributed by atoms with van der Waals surface area (Å²) in [6.45, 7) is 8.36. The van der Waals surface area contributed by atoms with E-state index in [9.17, 15) is 9.67 Å². The maximum absolute atomic E-state index is 12.3. The van der Waals surface area contributed by atoms with Crippen molar-refractivity contribution in [2.45, 2.75) is 46.3 Å². The van der Waals surface area contributed by atoms with Crippen LogP contribution >= 0.6 is 7.60 Å². The lowest BCUT2D eigenvalue weighted by molar-refractivity contribution is -0.148. The Kier molecular flexibility index (Phi) is 9.91. The van der Waals surface area contributed by atoms with Crippen LogP contribution in [-0.4, -0.2) is 43.7 Å². The number of hydrogen-bond donors (Lipinski definition) is 1. The number of rotatable bonds is 11. The first-order chi connectivity index (χ1) is 8.53. The fraction of sp³-hybridized carbons (Fsp3) is 1.00. The van der Waals surface area contributed by atoms with Crippen LogP contribution in [0, 0.1) is 0 Å². The molecule has 0 fully saturated rings. The number of aliphatic hydroxyl groups is 1. The third-order valence-electron chi connectivity index (χ3n) is 2.09. The molecule has 0 rings (SSSR count). The SMILES string of the molecule is CCOC(CC(O)P(=O)(OCC)OCC)OCC. The van der Waals surface area contributed by atoms with Gasteiger partial charge >= 0.3 is 7.60 Å². The maximum atomic E-state index is 12.3. The normalized spacial score (nSPS) is 14.1. The number of hydrogen-bond acceptors (Lipinski definition) is 6. The van der Waals surface area contributed by atoms with Crippen LogP contribution in [0.2, 0.25) is 0 Å². The summed E-state index contributed by atoms with van der Waals surface area (Å²) >= 11 is 0. The van der Waals surface area contributed by atoms with E-state index in [4.69, 9.17) is 18.5 Å². The number of ether oxygens (including phenoxy) is 2. The highest BCUT2D eigenvalue weighted by Gasteiger charge is 2.36. The van der Waals surface area contributed by atoms with Gasteiger partial charge in [0.25, 0.3) is 0 Å². The highest BCUT2D eigenvalue weighted by Crippen LogP contribution is 2.53. The average Bonchev–Trinajstić information content (AvgIpc) is 2.30. The molecule has 0 saturated heterocycles. The van der Waals surface area contributed by atoms with Crippen LogP contribution < -0.4 is 0 Å². The van der Waals surface area contributed by atoms with Gasteiger partial charge in [-0.05, 0) is 27.7 Å². The van der Waals surface area contributed by atoms with E-state index in [0.717, 1.165) is 0 Å². The van der Waals surface area contributed by atoms with Crippen LogP contribution in [0.25, 0.3) is 0 Å². The lowest BCUT2D eigenvalue weighted by Crippen LogP contribution is -2.25. The van der Waals surface area contributed by atoms with E-state index < -0.39 is 19.7 Å². The summed E-state index contributed by atoms with van der Waals surface area (Å²) in [4.78, 5) is 0. The van der Waals surface area contributed by atoms with Gasteiger partial charge in [-0.1, -0.05) is 0 Å². The third-order valence-corrected chi connectivity index (χ3v) is 4.27. The Labute approximate surface area is 109 Å². The molecule has 7 heteroatoms. The molecule has 0 saturated carbocycles. The quantitative estimate of drug-likeness (QED) is 0.464. The molecule has 1 atom stereocenters. The van der Waals surface area contributed by atoms with Gasteiger partial charge in [-0.15, -0.1) is 0 Å². The Morgan fingerprint density at radius 1 is 0.944 bits per heavy atom. The molecule has 0 spiro atoms. The molecule has 110 valence electrons. The summed E-state index contributed by atoms with van der Waals surface area (Å²) < 4.78 is 33.0. The van der Waals surface area contributed by atoms with Crippen LogP contribution in [0.1, 0.15) is 34.1 Å². The Morgan fingerprint density at radius 3 is 1.72 bits per heavy atom. The van der Waals surface area contributed by atoms with Gasteiger partial charge in [0.1, 0.15) is 0 Å². The van der Waals surface area contributed by atoms with Crippen molar-refractivity contribution in [3.8, 4) is 0 Å². The standard InChI is InChI=1S/C11H25O6P/c1-5-14-11(15-6-2)9-10(12)18(13,16-7-3)17-8-4/h10-12H,5-9H2,1-4H3. The monoisotopic (exact) mass is 284 g/mol. The van der Waals surface area contributed by atoms with Crippen molar-refractivity contribution in [2.75, 3.05) is 26.4 Å². The van der Waals surface area contributed by atoms with Crippen molar-refractivity contribution in [3.05, 3.63) is 0 Å². The summed E-state index contributed by atoms with van der Waals surface area (Å²) in [7, 11) is -3.52. The second-order valence-electron chi connectivity index (χ2n) is 3.43. The molecule has 18 heavy (non-hydrogen) atoms. The van der Waals surface area contributed by atoms with Gasteiger partial charge in [0.15, 0.2) is 12.1 Å². The van der Waals surface area contributed by atoms with Gasteiger partial charge in [-0.3, -0.25) is 4.57 Å². The van der Waals surface area contributed by atoms with Gasteiger partial charge in [0, 0.05) is 19.6 Å². The second kappa shape index (κ2) is 9.89. The maximum Gasteiger partial charge on any atom is 0.359 e. The van der Waals surface area contributed by atoms with E-state index in [2.05, 4.69) is 0 Å². The summed E-state index contributed by atoms with van der Waals surface area (Å²) in [5, 5.41) is 9.98. The predicted molar refractivity (Wildman–Crippen MR) is 68.5 cm³/mol. The molecule has 0 aliphatic heterocycles. The van der Waals surface area contributed by atoms with E-state index in [1.165, 1.54) is 0 Å². The van der Waals surface area contributed by atoms with Crippen LogP contribution in [0.15, 0.2) is 0 Å². The van der Waals surface area contributed by atoms with Crippen molar-refractivity contribution in [1.82, 2.24) is 0 Å². The zero-order valence-electron chi connectivity index (χ0n) is 11.6. The molecule has 0 aliphatic rings. The molecule has 0 amide bonds. The first kappa shape index (κ1) is 18.0. The van der Waals surface area contributed by atoms with Crippen LogP contribution in [0.5, 0.6) is 0 Å². The summed E-state index contributed by atoms with van der Waals surface area (Å²) in [5.74, 6) is -1.25. The zero-order valence-corrected chi connectivity index (χ0v) is 12.5. The Hall–Kier alpha value is 0.0300. The molecule has 0 radical (unpaired) electrons. The minimum Gasteiger partial charge on any atom is -0.380 e. The van der Waals surface area contributed by atoms with Crippen molar-refractivity contribution in [2.24, 2.45) is 0 Å². The largest absolute Gasteiger partial charge is 0.380 e. The van der Waals surface area contributed by atoms with Gasteiger partial charge in [-0.2, -0.15) is 0 Å². The molecule has 0 aliphatic carbocycles. The first-order valence-electron chi connectivity index (χ1n) is 6.34. The highest BCUT2D eigenvalue weighted by atomic mass is 31.2. The van der Waals surface area contributed by atoms with Crippen molar-refractivity contribution >= 4 is 7.60 Å². The zero-order chi connectivity index (χ0) is 14.0. The minimum atomic E-state index is -3.52. The van der Waals surface area contributed by atoms with Crippen molar-refractivity contribution in [3.63, 3.8) is 0 Å². The van der Waals surface area contributed by atoms with Crippen LogP contribution in [0.4, 0.5) is 0 Å². The van der Waals surface area contributed by atoms with Crippen molar-refractivity contribution < 1.29 is 28.2 Å². The Balaban J connectivity index is 4.54. The molecular weight excluding hydrogens is 259 g/mol. The molecule has 1 unspecified atom stereocenters. The smallest absolute Gasteiger partial charge is 0.359 e. The Morgan fingerprint density at radius 2 is 1.39 bits per heavy atom. The molecule has 0 heterocycles. The summed E-state index contributed by atoms with van der Waals surface area (Å²) in [6, 6.07) is 0. The molecule has 1 N–H and O–H groups in total. The van der Waals surface area contributed by atoms with E-state index >= 15 is 0 Å². The van der Waals surface area contributed by atoms with Gasteiger partial charge in [0.05, 0.1) is 13.2 Å². The third kappa shape index (κ3) is 6.27. The predicted octanol–water partition coefficient (Wildman–Crippen LogP) is 2.36. The first-order valence-corrected chi connectivity index (χ1v) is 7.95. The van der Waals surface area contributed by atoms with Gasteiger partial charge < -0.3 is 23.6 Å². The second-order valence-corrected chi connectivity index (χ2v) is 5.62. The topological polar surface area (TPSA) is 74.2 Å². The molecule has 6 nitrogen and oxygen atoms in total. The molecule has 0 aromatic carbocycles. The van der Waals surface area contributed by atoms with E-state index in [1.54, 1.807) is 13.8 Å². The van der Waals surface area contributed by atoms with Gasteiger partial charge in [0.2, 0.25) is 0 Å². The van der Waals surface area contributed by atoms with Crippen LogP contribution in [-0.2, 0) is 23.1 Å². The van der Waals surface area contributed by atoms with E-state index in [-0.39, 0.29) is 19.6 Å². The molecular formula is C11H25O6P. The molecule has 0 aromatic rings. The summed E-state index contributed by atoms with van der Waals surface area (Å²) in [5.41, 5.74) is 0. The molecule has 0 aromatic heterocycles. The lowest BCUT2D eigenvalue weighted by Gasteiger charge is -2.25. The van der Waals surface area contributed by atoms with E-state index in [0.29, 0.717) is 13.2 Å². The highest BCUT2D eigenvalue weighted by molar-refractivity contribution is 7.54. The average molecular weight is 284 g/mol. The van der Waals surface area contributed by atoms with Crippen LogP contribution in [0.3, 0.4) is 0 Å². The summed E-state index contributed by atoms with van der Waals surface area (Å²) in [6.07, 6.45) is -0.553. The Bertz CT molecular complexity index is 232. The minimum absolute atomic E-state index is 0.0545. The fourth-order valence-corrected chi connectivity index (χ4v) is 3.00. The lowest BCUT2D eigenvalue weighted by atomic mass is 10.4. The fourth-order valence-electron chi connectivity index (χ4n) is 1.43. The van der Waals surface area contributed by atoms with E-state index in [1.807, 2.05) is 13.8 Å².